The molecule has 17 heavy (non-hydrogen) atoms. The van der Waals surface area contributed by atoms with Gasteiger partial charge in [0.15, 0.2) is 0 Å². The Labute approximate surface area is 105 Å². The van der Waals surface area contributed by atoms with Crippen molar-refractivity contribution in [3.05, 3.63) is 35.9 Å². The molecular formula is C16H24O. The molecule has 0 saturated heterocycles. The van der Waals surface area contributed by atoms with Crippen molar-refractivity contribution in [2.75, 3.05) is 0 Å². The Kier molecular flexibility index (Phi) is 4.22. The Bertz CT molecular complexity index is 325. The number of aliphatic hydroxyl groups excluding tert-OH is 1. The fourth-order valence-corrected chi connectivity index (χ4v) is 3.32. The predicted molar refractivity (Wildman–Crippen MR) is 72.1 cm³/mol. The van der Waals surface area contributed by atoms with E-state index in [2.05, 4.69) is 37.3 Å². The van der Waals surface area contributed by atoms with Crippen LogP contribution in [0.25, 0.3) is 0 Å². The second-order valence-electron chi connectivity index (χ2n) is 5.39. The zero-order valence-corrected chi connectivity index (χ0v) is 10.9. The van der Waals surface area contributed by atoms with E-state index in [1.165, 1.54) is 24.8 Å². The topological polar surface area (TPSA) is 20.2 Å². The van der Waals surface area contributed by atoms with Crippen LogP contribution in [0.4, 0.5) is 0 Å². The molecule has 0 aliphatic heterocycles. The van der Waals surface area contributed by atoms with Crippen molar-refractivity contribution in [3.8, 4) is 0 Å². The highest BCUT2D eigenvalue weighted by atomic mass is 16.3. The zero-order valence-electron chi connectivity index (χ0n) is 10.9. The van der Waals surface area contributed by atoms with Crippen molar-refractivity contribution in [2.24, 2.45) is 0 Å². The summed E-state index contributed by atoms with van der Waals surface area (Å²) in [6, 6.07) is 10.7. The third-order valence-electron chi connectivity index (χ3n) is 4.29. The molecule has 1 aliphatic rings. The maximum Gasteiger partial charge on any atom is 0.0636 e. The Morgan fingerprint density at radius 2 is 1.76 bits per heavy atom. The van der Waals surface area contributed by atoms with Crippen LogP contribution in [0.2, 0.25) is 0 Å². The Hall–Kier alpha value is -0.820. The summed E-state index contributed by atoms with van der Waals surface area (Å²) in [4.78, 5) is 0. The van der Waals surface area contributed by atoms with Gasteiger partial charge in [0, 0.05) is 5.41 Å². The van der Waals surface area contributed by atoms with E-state index in [0.717, 1.165) is 25.7 Å². The molecule has 1 nitrogen and oxygen atoms in total. The molecule has 1 aromatic rings. The molecule has 0 spiro atoms. The SMILES string of the molecule is CCCC(O)C1(c2ccccc2)CCCCC1. The van der Waals surface area contributed by atoms with Crippen LogP contribution < -0.4 is 0 Å². The van der Waals surface area contributed by atoms with Gasteiger partial charge in [-0.25, -0.2) is 0 Å². The van der Waals surface area contributed by atoms with Gasteiger partial charge < -0.3 is 5.11 Å². The largest absolute Gasteiger partial charge is 0.392 e. The summed E-state index contributed by atoms with van der Waals surface area (Å²) in [5, 5.41) is 10.6. The summed E-state index contributed by atoms with van der Waals surface area (Å²) in [5.74, 6) is 0. The highest BCUT2D eigenvalue weighted by Gasteiger charge is 2.39. The van der Waals surface area contributed by atoms with Crippen molar-refractivity contribution < 1.29 is 5.11 Å². The first-order valence-electron chi connectivity index (χ1n) is 7.03. The van der Waals surface area contributed by atoms with E-state index in [1.54, 1.807) is 0 Å². The van der Waals surface area contributed by atoms with Crippen LogP contribution in [-0.4, -0.2) is 11.2 Å². The van der Waals surface area contributed by atoms with E-state index in [4.69, 9.17) is 0 Å². The quantitative estimate of drug-likeness (QED) is 0.830. The third-order valence-corrected chi connectivity index (χ3v) is 4.29. The Morgan fingerprint density at radius 3 is 2.35 bits per heavy atom. The van der Waals surface area contributed by atoms with Crippen LogP contribution in [0, 0.1) is 0 Å². The van der Waals surface area contributed by atoms with Crippen LogP contribution in [0.5, 0.6) is 0 Å². The summed E-state index contributed by atoms with van der Waals surface area (Å²) >= 11 is 0. The Morgan fingerprint density at radius 1 is 1.12 bits per heavy atom. The van der Waals surface area contributed by atoms with Gasteiger partial charge in [0.25, 0.3) is 0 Å². The molecular weight excluding hydrogens is 208 g/mol. The molecule has 1 saturated carbocycles. The van der Waals surface area contributed by atoms with Crippen molar-refractivity contribution in [2.45, 2.75) is 63.4 Å². The lowest BCUT2D eigenvalue weighted by atomic mass is 9.65. The average molecular weight is 232 g/mol. The van der Waals surface area contributed by atoms with Crippen LogP contribution in [-0.2, 0) is 5.41 Å². The first-order valence-corrected chi connectivity index (χ1v) is 7.03. The van der Waals surface area contributed by atoms with E-state index in [1.807, 2.05) is 0 Å². The van der Waals surface area contributed by atoms with E-state index in [9.17, 15) is 5.11 Å². The van der Waals surface area contributed by atoms with Gasteiger partial charge in [0.05, 0.1) is 6.10 Å². The lowest BCUT2D eigenvalue weighted by molar-refractivity contribution is 0.0464. The first kappa shape index (κ1) is 12.6. The summed E-state index contributed by atoms with van der Waals surface area (Å²) in [7, 11) is 0. The lowest BCUT2D eigenvalue weighted by Gasteiger charge is -2.42. The minimum Gasteiger partial charge on any atom is -0.392 e. The summed E-state index contributed by atoms with van der Waals surface area (Å²) in [5.41, 5.74) is 1.39. The standard InChI is InChI=1S/C16H24O/c1-2-9-15(17)16(12-7-4-8-13-16)14-10-5-3-6-11-14/h3,5-6,10-11,15,17H,2,4,7-9,12-13H2,1H3. The maximum absolute atomic E-state index is 10.6. The highest BCUT2D eigenvalue weighted by molar-refractivity contribution is 5.27. The molecule has 0 radical (unpaired) electrons. The molecule has 1 aromatic carbocycles. The van der Waals surface area contributed by atoms with Gasteiger partial charge in [0.1, 0.15) is 0 Å². The predicted octanol–water partition coefficient (Wildman–Crippen LogP) is 4.05. The maximum atomic E-state index is 10.6. The van der Waals surface area contributed by atoms with Crippen LogP contribution >= 0.6 is 0 Å². The molecule has 1 heteroatoms. The van der Waals surface area contributed by atoms with Crippen LogP contribution in [0.3, 0.4) is 0 Å². The van der Waals surface area contributed by atoms with Crippen LogP contribution in [0.1, 0.15) is 57.4 Å². The molecule has 94 valence electrons. The van der Waals surface area contributed by atoms with Gasteiger partial charge in [-0.2, -0.15) is 0 Å². The first-order chi connectivity index (χ1) is 8.29. The number of rotatable bonds is 4. The molecule has 2 rings (SSSR count). The third kappa shape index (κ3) is 2.55. The van der Waals surface area contributed by atoms with Gasteiger partial charge in [-0.3, -0.25) is 0 Å². The molecule has 0 aromatic heterocycles. The monoisotopic (exact) mass is 232 g/mol. The minimum absolute atomic E-state index is 0.0372. The second kappa shape index (κ2) is 5.68. The van der Waals surface area contributed by atoms with Crippen molar-refractivity contribution in [1.82, 2.24) is 0 Å². The number of hydrogen-bond donors (Lipinski definition) is 1. The average Bonchev–Trinajstić information content (AvgIpc) is 2.41. The van der Waals surface area contributed by atoms with Crippen molar-refractivity contribution in [3.63, 3.8) is 0 Å². The smallest absolute Gasteiger partial charge is 0.0636 e. The molecule has 1 N–H and O–H groups in total. The second-order valence-corrected chi connectivity index (χ2v) is 5.39. The van der Waals surface area contributed by atoms with E-state index < -0.39 is 0 Å². The van der Waals surface area contributed by atoms with E-state index in [0.29, 0.717) is 0 Å². The zero-order chi connectivity index (χ0) is 12.1. The van der Waals surface area contributed by atoms with Gasteiger partial charge >= 0.3 is 0 Å². The van der Waals surface area contributed by atoms with Crippen molar-refractivity contribution >= 4 is 0 Å². The molecule has 1 unspecified atom stereocenters. The molecule has 1 atom stereocenters. The van der Waals surface area contributed by atoms with Crippen molar-refractivity contribution in [1.29, 1.82) is 0 Å². The summed E-state index contributed by atoms with van der Waals surface area (Å²) in [6.45, 7) is 2.16. The fraction of sp³-hybridized carbons (Fsp3) is 0.625. The number of hydrogen-bond acceptors (Lipinski definition) is 1. The van der Waals surface area contributed by atoms with E-state index >= 15 is 0 Å². The summed E-state index contributed by atoms with van der Waals surface area (Å²) < 4.78 is 0. The molecule has 0 amide bonds. The van der Waals surface area contributed by atoms with Gasteiger partial charge in [-0.15, -0.1) is 0 Å². The van der Waals surface area contributed by atoms with Crippen LogP contribution in [0.15, 0.2) is 30.3 Å². The lowest BCUT2D eigenvalue weighted by Crippen LogP contribution is -2.41. The van der Waals surface area contributed by atoms with Gasteiger partial charge in [0.2, 0.25) is 0 Å². The fourth-order valence-electron chi connectivity index (χ4n) is 3.32. The molecule has 0 heterocycles. The normalized spacial score (nSPS) is 21.1. The highest BCUT2D eigenvalue weighted by Crippen LogP contribution is 2.43. The van der Waals surface area contributed by atoms with E-state index in [-0.39, 0.29) is 11.5 Å². The minimum atomic E-state index is -0.171. The molecule has 0 bridgehead atoms. The van der Waals surface area contributed by atoms with Gasteiger partial charge in [-0.1, -0.05) is 62.9 Å². The summed E-state index contributed by atoms with van der Waals surface area (Å²) in [6.07, 6.45) is 7.97. The molecule has 1 aliphatic carbocycles. The number of aliphatic hydroxyl groups is 1. The number of benzene rings is 1. The van der Waals surface area contributed by atoms with Gasteiger partial charge in [-0.05, 0) is 24.8 Å². The Balaban J connectivity index is 2.29. The molecule has 1 fully saturated rings.